The predicted octanol–water partition coefficient (Wildman–Crippen LogP) is 4.38. The van der Waals surface area contributed by atoms with Gasteiger partial charge in [0.1, 0.15) is 5.01 Å². The second kappa shape index (κ2) is 5.02. The molecule has 104 valence electrons. The molecule has 0 saturated heterocycles. The molecule has 0 bridgehead atoms. The number of anilines is 1. The average molecular weight is 315 g/mol. The fourth-order valence-electron chi connectivity index (χ4n) is 1.67. The van der Waals surface area contributed by atoms with Gasteiger partial charge in [-0.15, -0.1) is 11.3 Å². The van der Waals surface area contributed by atoms with Crippen LogP contribution in [0, 0.1) is 0 Å². The van der Waals surface area contributed by atoms with E-state index in [0.717, 1.165) is 21.8 Å². The zero-order valence-corrected chi connectivity index (χ0v) is 11.6. The molecule has 0 amide bonds. The summed E-state index contributed by atoms with van der Waals surface area (Å²) in [5, 5.41) is 6.43. The van der Waals surface area contributed by atoms with Crippen molar-refractivity contribution in [2.45, 2.75) is 12.7 Å². The van der Waals surface area contributed by atoms with Crippen LogP contribution in [0.5, 0.6) is 0 Å². The number of benzene rings is 1. The maximum atomic E-state index is 12.6. The zero-order valence-electron chi connectivity index (χ0n) is 9.94. The first-order valence-electron chi connectivity index (χ1n) is 5.62. The molecule has 2 heterocycles. The quantitative estimate of drug-likeness (QED) is 0.779. The zero-order chi connectivity index (χ0) is 14.2. The molecule has 1 N–H and O–H groups in total. The van der Waals surface area contributed by atoms with Crippen LogP contribution >= 0.6 is 22.7 Å². The number of nitrogens with zero attached hydrogens (tertiary/aromatic N) is 2. The van der Waals surface area contributed by atoms with Crippen molar-refractivity contribution in [1.29, 1.82) is 0 Å². The van der Waals surface area contributed by atoms with Crippen LogP contribution in [-0.4, -0.2) is 9.97 Å². The van der Waals surface area contributed by atoms with E-state index in [-0.39, 0.29) is 0 Å². The van der Waals surface area contributed by atoms with Crippen molar-refractivity contribution >= 4 is 38.0 Å². The van der Waals surface area contributed by atoms with E-state index < -0.39 is 11.7 Å². The molecule has 0 spiro atoms. The number of rotatable bonds is 3. The second-order valence-corrected chi connectivity index (χ2v) is 5.99. The lowest BCUT2D eigenvalue weighted by atomic mass is 10.2. The van der Waals surface area contributed by atoms with Crippen molar-refractivity contribution in [3.05, 3.63) is 40.3 Å². The number of thiazole rings is 2. The predicted molar refractivity (Wildman–Crippen MR) is 74.1 cm³/mol. The number of nitrogens with one attached hydrogen (secondary N) is 1. The molecule has 0 aliphatic heterocycles. The van der Waals surface area contributed by atoms with Gasteiger partial charge in [-0.3, -0.25) is 0 Å². The summed E-state index contributed by atoms with van der Waals surface area (Å²) < 4.78 is 38.6. The van der Waals surface area contributed by atoms with Gasteiger partial charge in [0.15, 0.2) is 5.13 Å². The van der Waals surface area contributed by atoms with E-state index in [4.69, 9.17) is 0 Å². The normalized spacial score (nSPS) is 11.9. The molecule has 0 unspecified atom stereocenters. The van der Waals surface area contributed by atoms with Gasteiger partial charge in [-0.25, -0.2) is 9.97 Å². The monoisotopic (exact) mass is 315 g/mol. The average Bonchev–Trinajstić information content (AvgIpc) is 3.03. The minimum absolute atomic E-state index is 0.353. The van der Waals surface area contributed by atoms with Gasteiger partial charge in [0.05, 0.1) is 22.3 Å². The molecule has 3 aromatic rings. The van der Waals surface area contributed by atoms with Gasteiger partial charge in [-0.05, 0) is 18.2 Å². The molecule has 3 nitrogen and oxygen atoms in total. The van der Waals surface area contributed by atoms with E-state index in [1.54, 1.807) is 6.20 Å². The molecular formula is C12H8F3N3S2. The van der Waals surface area contributed by atoms with Crippen LogP contribution in [0.3, 0.4) is 0 Å². The van der Waals surface area contributed by atoms with E-state index in [2.05, 4.69) is 15.3 Å². The third-order valence-corrected chi connectivity index (χ3v) is 4.36. The number of hydrogen-bond donors (Lipinski definition) is 1. The molecule has 2 aromatic heterocycles. The standard InChI is InChI=1S/C12H8F3N3S2/c13-12(14,15)7-1-2-9-8(5-7)18-11(20-9)17-6-10-16-3-4-19-10/h1-5H,6H2,(H,17,18). The number of hydrogen-bond acceptors (Lipinski definition) is 5. The Morgan fingerprint density at radius 2 is 2.10 bits per heavy atom. The van der Waals surface area contributed by atoms with Crippen molar-refractivity contribution in [3.63, 3.8) is 0 Å². The molecule has 0 fully saturated rings. The smallest absolute Gasteiger partial charge is 0.355 e. The van der Waals surface area contributed by atoms with E-state index in [0.29, 0.717) is 17.2 Å². The van der Waals surface area contributed by atoms with Gasteiger partial charge in [-0.2, -0.15) is 13.2 Å². The molecule has 0 saturated carbocycles. The van der Waals surface area contributed by atoms with Crippen molar-refractivity contribution in [3.8, 4) is 0 Å². The minimum atomic E-state index is -4.34. The van der Waals surface area contributed by atoms with Gasteiger partial charge < -0.3 is 5.32 Å². The first kappa shape index (κ1) is 13.3. The summed E-state index contributed by atoms with van der Waals surface area (Å²) in [7, 11) is 0. The molecule has 0 aliphatic rings. The van der Waals surface area contributed by atoms with E-state index in [9.17, 15) is 13.2 Å². The van der Waals surface area contributed by atoms with Crippen LogP contribution in [0.2, 0.25) is 0 Å². The van der Waals surface area contributed by atoms with E-state index >= 15 is 0 Å². The summed E-state index contributed by atoms with van der Waals surface area (Å²) in [5.74, 6) is 0. The highest BCUT2D eigenvalue weighted by Crippen LogP contribution is 2.34. The molecule has 0 atom stereocenters. The lowest BCUT2D eigenvalue weighted by Crippen LogP contribution is -2.04. The molecule has 0 aliphatic carbocycles. The van der Waals surface area contributed by atoms with Crippen LogP contribution in [0.1, 0.15) is 10.6 Å². The minimum Gasteiger partial charge on any atom is -0.355 e. The highest BCUT2D eigenvalue weighted by Gasteiger charge is 2.30. The number of alkyl halides is 3. The summed E-state index contributed by atoms with van der Waals surface area (Å²) in [6.45, 7) is 0.517. The molecule has 0 radical (unpaired) electrons. The van der Waals surface area contributed by atoms with Gasteiger partial charge in [0.2, 0.25) is 0 Å². The number of aromatic nitrogens is 2. The molecule has 20 heavy (non-hydrogen) atoms. The Morgan fingerprint density at radius 3 is 2.80 bits per heavy atom. The van der Waals surface area contributed by atoms with Gasteiger partial charge in [0, 0.05) is 11.6 Å². The molecule has 1 aromatic carbocycles. The van der Waals surface area contributed by atoms with Gasteiger partial charge >= 0.3 is 6.18 Å². The Morgan fingerprint density at radius 1 is 1.25 bits per heavy atom. The Hall–Kier alpha value is -1.67. The largest absolute Gasteiger partial charge is 0.416 e. The third kappa shape index (κ3) is 2.75. The fourth-order valence-corrected chi connectivity index (χ4v) is 3.07. The van der Waals surface area contributed by atoms with Crippen LogP contribution in [-0.2, 0) is 12.7 Å². The fraction of sp³-hybridized carbons (Fsp3) is 0.167. The lowest BCUT2D eigenvalue weighted by Gasteiger charge is -2.04. The molecule has 8 heteroatoms. The maximum Gasteiger partial charge on any atom is 0.416 e. The van der Waals surface area contributed by atoms with Crippen molar-refractivity contribution < 1.29 is 13.2 Å². The Bertz CT molecular complexity index is 719. The highest BCUT2D eigenvalue weighted by molar-refractivity contribution is 7.22. The summed E-state index contributed by atoms with van der Waals surface area (Å²) in [4.78, 5) is 8.29. The van der Waals surface area contributed by atoms with E-state index in [1.807, 2.05) is 5.38 Å². The first-order valence-corrected chi connectivity index (χ1v) is 7.32. The number of halogens is 3. The van der Waals surface area contributed by atoms with Gasteiger partial charge in [-0.1, -0.05) is 11.3 Å². The molecular weight excluding hydrogens is 307 g/mol. The lowest BCUT2D eigenvalue weighted by molar-refractivity contribution is -0.137. The second-order valence-electron chi connectivity index (χ2n) is 3.98. The maximum absolute atomic E-state index is 12.6. The Balaban J connectivity index is 1.83. The summed E-state index contributed by atoms with van der Waals surface area (Å²) in [6, 6.07) is 3.59. The van der Waals surface area contributed by atoms with Crippen LogP contribution < -0.4 is 5.32 Å². The molecule has 3 rings (SSSR count). The first-order chi connectivity index (χ1) is 9.52. The van der Waals surface area contributed by atoms with Crippen molar-refractivity contribution in [1.82, 2.24) is 9.97 Å². The summed E-state index contributed by atoms with van der Waals surface area (Å²) in [6.07, 6.45) is -2.64. The summed E-state index contributed by atoms with van der Waals surface area (Å²) >= 11 is 2.84. The van der Waals surface area contributed by atoms with Crippen LogP contribution in [0.25, 0.3) is 10.2 Å². The van der Waals surface area contributed by atoms with Crippen LogP contribution in [0.15, 0.2) is 29.8 Å². The van der Waals surface area contributed by atoms with Crippen molar-refractivity contribution in [2.75, 3.05) is 5.32 Å². The Labute approximate surface area is 120 Å². The Kier molecular flexibility index (Phi) is 3.35. The van der Waals surface area contributed by atoms with Crippen molar-refractivity contribution in [2.24, 2.45) is 0 Å². The third-order valence-electron chi connectivity index (χ3n) is 2.59. The topological polar surface area (TPSA) is 37.8 Å². The highest BCUT2D eigenvalue weighted by atomic mass is 32.1. The summed E-state index contributed by atoms with van der Waals surface area (Å²) in [5.41, 5.74) is -0.326. The SMILES string of the molecule is FC(F)(F)c1ccc2sc(NCc3nccs3)nc2c1. The van der Waals surface area contributed by atoms with E-state index in [1.165, 1.54) is 28.7 Å². The number of fused-ring (bicyclic) bond motifs is 1. The van der Waals surface area contributed by atoms with Crippen LogP contribution in [0.4, 0.5) is 18.3 Å². The van der Waals surface area contributed by atoms with Gasteiger partial charge in [0.25, 0.3) is 0 Å².